The van der Waals surface area contributed by atoms with Crippen LogP contribution in [0.1, 0.15) is 56.2 Å². The zero-order valence-electron chi connectivity index (χ0n) is 17.9. The number of imidazole rings is 1. The number of rotatable bonds is 5. The van der Waals surface area contributed by atoms with Crippen molar-refractivity contribution in [3.05, 3.63) is 29.6 Å². The molecule has 9 nitrogen and oxygen atoms in total. The summed E-state index contributed by atoms with van der Waals surface area (Å²) in [5.41, 5.74) is 1.80. The molecular weight excluding hydrogens is 404 g/mol. The molecule has 1 atom stereocenters. The van der Waals surface area contributed by atoms with Crippen LogP contribution in [0.2, 0.25) is 0 Å². The maximum atomic E-state index is 13.2. The Hall–Kier alpha value is -2.33. The lowest BCUT2D eigenvalue weighted by atomic mass is 10.0. The van der Waals surface area contributed by atoms with Crippen LogP contribution in [0.15, 0.2) is 17.6 Å². The minimum Gasteiger partial charge on any atom is -0.339 e. The number of nitrogens with zero attached hydrogens (tertiary/aromatic N) is 6. The number of sulfonamides is 1. The van der Waals surface area contributed by atoms with Crippen LogP contribution in [-0.4, -0.2) is 51.2 Å². The van der Waals surface area contributed by atoms with E-state index in [1.54, 1.807) is 16.5 Å². The van der Waals surface area contributed by atoms with Gasteiger partial charge in [0.1, 0.15) is 11.6 Å². The van der Waals surface area contributed by atoms with Crippen molar-refractivity contribution in [2.45, 2.75) is 57.5 Å². The number of aryl methyl sites for hydroxylation is 2. The van der Waals surface area contributed by atoms with Gasteiger partial charge >= 0.3 is 0 Å². The third-order valence-corrected chi connectivity index (χ3v) is 7.45. The average molecular weight is 433 g/mol. The number of hydrogen-bond acceptors (Lipinski definition) is 6. The number of fused-ring (bicyclic) bond motifs is 1. The van der Waals surface area contributed by atoms with Crippen LogP contribution in [0.5, 0.6) is 0 Å². The second kappa shape index (κ2) is 7.73. The first-order chi connectivity index (χ1) is 14.2. The highest BCUT2D eigenvalue weighted by Crippen LogP contribution is 2.37. The Kier molecular flexibility index (Phi) is 5.39. The molecule has 0 bridgehead atoms. The topological polar surface area (TPSA) is 101 Å². The predicted octanol–water partition coefficient (Wildman–Crippen LogP) is 1.98. The molecule has 0 aromatic carbocycles. The van der Waals surface area contributed by atoms with E-state index in [0.29, 0.717) is 49.9 Å². The molecule has 162 valence electrons. The third-order valence-electron chi connectivity index (χ3n) is 5.66. The second-order valence-corrected chi connectivity index (χ2v) is 10.4. The fourth-order valence-electron chi connectivity index (χ4n) is 4.23. The van der Waals surface area contributed by atoms with E-state index in [1.807, 2.05) is 6.92 Å². The summed E-state index contributed by atoms with van der Waals surface area (Å²) in [6.45, 7) is 7.03. The summed E-state index contributed by atoms with van der Waals surface area (Å²) >= 11 is 0. The maximum absolute atomic E-state index is 13.2. The van der Waals surface area contributed by atoms with Crippen molar-refractivity contribution in [2.75, 3.05) is 18.0 Å². The van der Waals surface area contributed by atoms with Crippen molar-refractivity contribution in [1.29, 1.82) is 0 Å². The third kappa shape index (κ3) is 3.62. The molecule has 1 saturated heterocycles. The monoisotopic (exact) mass is 432 g/mol. The van der Waals surface area contributed by atoms with Crippen LogP contribution < -0.4 is 4.90 Å². The summed E-state index contributed by atoms with van der Waals surface area (Å²) in [6, 6.07) is -0.459. The van der Waals surface area contributed by atoms with Gasteiger partial charge in [0.15, 0.2) is 5.03 Å². The summed E-state index contributed by atoms with van der Waals surface area (Å²) in [6.07, 6.45) is 5.43. The zero-order valence-corrected chi connectivity index (χ0v) is 18.7. The lowest BCUT2D eigenvalue weighted by molar-refractivity contribution is -0.119. The molecule has 4 rings (SSSR count). The zero-order chi connectivity index (χ0) is 21.6. The Morgan fingerprint density at radius 2 is 2.00 bits per heavy atom. The van der Waals surface area contributed by atoms with Crippen LogP contribution in [0, 0.1) is 12.8 Å². The van der Waals surface area contributed by atoms with Gasteiger partial charge in [-0.05, 0) is 32.1 Å². The highest BCUT2D eigenvalue weighted by Gasteiger charge is 2.40. The van der Waals surface area contributed by atoms with Gasteiger partial charge < -0.3 is 4.57 Å². The largest absolute Gasteiger partial charge is 0.339 e. The smallest absolute Gasteiger partial charge is 0.262 e. The molecule has 30 heavy (non-hydrogen) atoms. The second-order valence-electron chi connectivity index (χ2n) is 8.52. The van der Waals surface area contributed by atoms with Crippen LogP contribution in [0.25, 0.3) is 0 Å². The van der Waals surface area contributed by atoms with Crippen molar-refractivity contribution < 1.29 is 13.2 Å². The molecule has 0 unspecified atom stereocenters. The lowest BCUT2D eigenvalue weighted by Crippen LogP contribution is -2.40. The van der Waals surface area contributed by atoms with E-state index in [4.69, 9.17) is 4.98 Å². The number of anilines is 1. The van der Waals surface area contributed by atoms with E-state index in [-0.39, 0.29) is 10.9 Å². The molecule has 0 radical (unpaired) electrons. The van der Waals surface area contributed by atoms with Gasteiger partial charge in [0.05, 0.1) is 12.4 Å². The van der Waals surface area contributed by atoms with Gasteiger partial charge in [0.25, 0.3) is 10.0 Å². The molecule has 0 N–H and O–H groups in total. The molecule has 2 aromatic rings. The van der Waals surface area contributed by atoms with Crippen molar-refractivity contribution in [2.24, 2.45) is 13.0 Å². The first kappa shape index (κ1) is 20.9. The minimum absolute atomic E-state index is 0.0307. The van der Waals surface area contributed by atoms with Crippen molar-refractivity contribution >= 4 is 21.7 Å². The molecule has 10 heteroatoms. The highest BCUT2D eigenvalue weighted by molar-refractivity contribution is 7.89. The van der Waals surface area contributed by atoms with Crippen LogP contribution in [0.4, 0.5) is 5.82 Å². The van der Waals surface area contributed by atoms with Gasteiger partial charge in [-0.25, -0.2) is 23.4 Å². The van der Waals surface area contributed by atoms with E-state index in [0.717, 1.165) is 17.7 Å². The highest BCUT2D eigenvalue weighted by atomic mass is 32.2. The van der Waals surface area contributed by atoms with Crippen LogP contribution >= 0.6 is 0 Å². The summed E-state index contributed by atoms with van der Waals surface area (Å²) in [5.74, 6) is 1.46. The van der Waals surface area contributed by atoms with E-state index in [9.17, 15) is 13.2 Å². The number of aromatic nitrogens is 4. The van der Waals surface area contributed by atoms with Crippen molar-refractivity contribution in [1.82, 2.24) is 23.8 Å². The van der Waals surface area contributed by atoms with E-state index in [1.165, 1.54) is 16.8 Å². The number of amides is 1. The Morgan fingerprint density at radius 3 is 2.67 bits per heavy atom. The fourth-order valence-corrected chi connectivity index (χ4v) is 5.86. The first-order valence-electron chi connectivity index (χ1n) is 10.4. The Bertz CT molecular complexity index is 1080. The van der Waals surface area contributed by atoms with Gasteiger partial charge in [-0.3, -0.25) is 9.69 Å². The average Bonchev–Trinajstić information content (AvgIpc) is 3.33. The number of carbonyl (C=O) groups is 1. The minimum atomic E-state index is -3.75. The maximum Gasteiger partial charge on any atom is 0.262 e. The van der Waals surface area contributed by atoms with Crippen LogP contribution in [0.3, 0.4) is 0 Å². The standard InChI is InChI=1S/C20H28N6O3S/c1-13(2)10-25-18(27)8-7-15-14(3)22-19(23-20(15)25)16-6-5-9-26(16)30(28,29)17-11-24(4)12-21-17/h11-13,16H,5-10H2,1-4H3/t16-/m1/s1. The summed E-state index contributed by atoms with van der Waals surface area (Å²) in [4.78, 5) is 27.8. The first-order valence-corrected chi connectivity index (χ1v) is 11.8. The Balaban J connectivity index is 1.74. The molecular formula is C20H28N6O3S. The van der Waals surface area contributed by atoms with Gasteiger partial charge in [0.2, 0.25) is 5.91 Å². The van der Waals surface area contributed by atoms with Gasteiger partial charge in [-0.1, -0.05) is 13.8 Å². The SMILES string of the molecule is Cc1nc([C@H]2CCCN2S(=O)(=O)c2cn(C)cn2)nc2c1CCC(=O)N2CC(C)C. The van der Waals surface area contributed by atoms with Gasteiger partial charge in [-0.15, -0.1) is 0 Å². The van der Waals surface area contributed by atoms with E-state index < -0.39 is 16.1 Å². The molecule has 2 aromatic heterocycles. The molecule has 4 heterocycles. The molecule has 1 fully saturated rings. The van der Waals surface area contributed by atoms with Crippen molar-refractivity contribution in [3.63, 3.8) is 0 Å². The molecule has 0 saturated carbocycles. The Labute approximate surface area is 177 Å². The van der Waals surface area contributed by atoms with E-state index >= 15 is 0 Å². The molecule has 0 spiro atoms. The summed E-state index contributed by atoms with van der Waals surface area (Å²) in [5, 5.41) is 0.0307. The number of carbonyl (C=O) groups excluding carboxylic acids is 1. The molecule has 1 amide bonds. The van der Waals surface area contributed by atoms with Crippen LogP contribution in [-0.2, 0) is 28.3 Å². The Morgan fingerprint density at radius 1 is 1.23 bits per heavy atom. The summed E-state index contributed by atoms with van der Waals surface area (Å²) < 4.78 is 29.5. The fraction of sp³-hybridized carbons (Fsp3) is 0.600. The van der Waals surface area contributed by atoms with Crippen molar-refractivity contribution in [3.8, 4) is 0 Å². The summed E-state index contributed by atoms with van der Waals surface area (Å²) in [7, 11) is -2.01. The van der Waals surface area contributed by atoms with Gasteiger partial charge in [0, 0.05) is 44.0 Å². The van der Waals surface area contributed by atoms with Gasteiger partial charge in [-0.2, -0.15) is 4.31 Å². The normalized spacial score (nSPS) is 20.2. The lowest BCUT2D eigenvalue weighted by Gasteiger charge is -2.31. The van der Waals surface area contributed by atoms with E-state index in [2.05, 4.69) is 23.8 Å². The molecule has 2 aliphatic heterocycles. The predicted molar refractivity (Wildman–Crippen MR) is 111 cm³/mol. The number of hydrogen-bond donors (Lipinski definition) is 0. The quantitative estimate of drug-likeness (QED) is 0.716. The molecule has 0 aliphatic carbocycles. The molecule has 2 aliphatic rings.